The Morgan fingerprint density at radius 2 is 1.68 bits per heavy atom. The number of benzene rings is 2. The van der Waals surface area contributed by atoms with E-state index in [0.29, 0.717) is 15.6 Å². The third-order valence-corrected chi connectivity index (χ3v) is 5.62. The van der Waals surface area contributed by atoms with Gasteiger partial charge in [-0.25, -0.2) is 10.2 Å². The van der Waals surface area contributed by atoms with Crippen molar-refractivity contribution in [2.75, 3.05) is 5.43 Å². The van der Waals surface area contributed by atoms with E-state index in [1.165, 1.54) is 11.6 Å². The van der Waals surface area contributed by atoms with E-state index in [1.807, 2.05) is 36.4 Å². The second-order valence-corrected chi connectivity index (χ2v) is 7.70. The molecule has 2 aromatic carbocycles. The van der Waals surface area contributed by atoms with Gasteiger partial charge in [-0.15, -0.1) is 0 Å². The first-order valence-corrected chi connectivity index (χ1v) is 10.1. The van der Waals surface area contributed by atoms with Gasteiger partial charge in [-0.3, -0.25) is 18.5 Å². The van der Waals surface area contributed by atoms with E-state index >= 15 is 0 Å². The molecule has 0 aliphatic rings. The second-order valence-electron chi connectivity index (χ2n) is 6.88. The molecule has 0 radical (unpaired) electrons. The molecule has 0 amide bonds. The van der Waals surface area contributed by atoms with E-state index in [2.05, 4.69) is 15.5 Å². The summed E-state index contributed by atoms with van der Waals surface area (Å²) in [5, 5.41) is 5.33. The van der Waals surface area contributed by atoms with Gasteiger partial charge in [-0.2, -0.15) is 10.1 Å². The topological polar surface area (TPSA) is 86.2 Å². The summed E-state index contributed by atoms with van der Waals surface area (Å²) in [6.45, 7) is 0.258. The first kappa shape index (κ1) is 20.9. The van der Waals surface area contributed by atoms with Crippen molar-refractivity contribution < 1.29 is 0 Å². The van der Waals surface area contributed by atoms with Crippen LogP contribution in [0, 0.1) is 0 Å². The van der Waals surface area contributed by atoms with Crippen molar-refractivity contribution in [3.05, 3.63) is 90.5 Å². The number of rotatable bonds is 5. The SMILES string of the molecule is Cn1c(=O)c2c(nc(NN=Cc3ccccc3Cl)n2Cc2ccccc2Cl)n(C)c1=O. The summed E-state index contributed by atoms with van der Waals surface area (Å²) in [5.74, 6) is 0.288. The van der Waals surface area contributed by atoms with Crippen LogP contribution in [0.15, 0.2) is 63.2 Å². The number of aryl methyl sites for hydroxylation is 1. The number of hydrogen-bond acceptors (Lipinski definition) is 5. The zero-order chi connectivity index (χ0) is 22.1. The lowest BCUT2D eigenvalue weighted by Gasteiger charge is -2.10. The predicted octanol–water partition coefficient (Wildman–Crippen LogP) is 3.23. The minimum absolute atomic E-state index is 0.246. The Hall–Kier alpha value is -3.36. The van der Waals surface area contributed by atoms with Crippen LogP contribution in [0.1, 0.15) is 11.1 Å². The number of halogens is 2. The molecule has 0 bridgehead atoms. The number of hydrazone groups is 1. The normalized spacial score (nSPS) is 11.5. The molecule has 10 heteroatoms. The Labute approximate surface area is 187 Å². The van der Waals surface area contributed by atoms with Gasteiger partial charge in [0.25, 0.3) is 5.56 Å². The highest BCUT2D eigenvalue weighted by Gasteiger charge is 2.19. The molecule has 1 N–H and O–H groups in total. The summed E-state index contributed by atoms with van der Waals surface area (Å²) in [5.41, 5.74) is 3.96. The summed E-state index contributed by atoms with van der Waals surface area (Å²) in [7, 11) is 2.99. The van der Waals surface area contributed by atoms with Crippen LogP contribution in [0.2, 0.25) is 10.0 Å². The van der Waals surface area contributed by atoms with E-state index in [1.54, 1.807) is 30.0 Å². The van der Waals surface area contributed by atoms with E-state index in [9.17, 15) is 9.59 Å². The van der Waals surface area contributed by atoms with Crippen molar-refractivity contribution in [2.45, 2.75) is 6.54 Å². The van der Waals surface area contributed by atoms with Crippen LogP contribution in [0.4, 0.5) is 5.95 Å². The molecule has 158 valence electrons. The van der Waals surface area contributed by atoms with Crippen LogP contribution < -0.4 is 16.7 Å². The zero-order valence-corrected chi connectivity index (χ0v) is 18.2. The van der Waals surface area contributed by atoms with Crippen LogP contribution in [0.3, 0.4) is 0 Å². The standard InChI is InChI=1S/C21H18Cl2N6O2/c1-27-18-17(19(30)28(2)21(27)31)29(12-14-8-4-6-10-16(14)23)20(25-18)26-24-11-13-7-3-5-9-15(13)22/h3-11H,12H2,1-2H3,(H,25,26). The first-order valence-electron chi connectivity index (χ1n) is 9.31. The number of nitrogens with zero attached hydrogens (tertiary/aromatic N) is 5. The van der Waals surface area contributed by atoms with Gasteiger partial charge in [0.2, 0.25) is 5.95 Å². The van der Waals surface area contributed by atoms with Gasteiger partial charge < -0.3 is 0 Å². The molecule has 0 unspecified atom stereocenters. The average Bonchev–Trinajstić information content (AvgIpc) is 3.12. The minimum Gasteiger partial charge on any atom is -0.298 e. The molecule has 0 fully saturated rings. The first-order chi connectivity index (χ1) is 14.9. The number of aromatic nitrogens is 4. The van der Waals surface area contributed by atoms with Crippen molar-refractivity contribution in [3.63, 3.8) is 0 Å². The molecular weight excluding hydrogens is 439 g/mol. The molecule has 0 aliphatic carbocycles. The Balaban J connectivity index is 1.85. The van der Waals surface area contributed by atoms with Crippen molar-refractivity contribution >= 4 is 46.5 Å². The van der Waals surface area contributed by atoms with E-state index in [-0.39, 0.29) is 23.7 Å². The lowest BCUT2D eigenvalue weighted by atomic mass is 10.2. The number of imidazole rings is 1. The molecule has 4 aromatic rings. The van der Waals surface area contributed by atoms with Crippen LogP contribution in [-0.2, 0) is 20.6 Å². The van der Waals surface area contributed by atoms with Gasteiger partial charge in [-0.1, -0.05) is 59.6 Å². The summed E-state index contributed by atoms with van der Waals surface area (Å²) >= 11 is 12.5. The molecular formula is C21H18Cl2N6O2. The number of hydrogen-bond donors (Lipinski definition) is 1. The average molecular weight is 457 g/mol. The molecule has 31 heavy (non-hydrogen) atoms. The Morgan fingerprint density at radius 1 is 1.00 bits per heavy atom. The molecule has 2 heterocycles. The fourth-order valence-electron chi connectivity index (χ4n) is 3.22. The Morgan fingerprint density at radius 3 is 2.39 bits per heavy atom. The van der Waals surface area contributed by atoms with Crippen LogP contribution in [0.25, 0.3) is 11.2 Å². The molecule has 0 spiro atoms. The van der Waals surface area contributed by atoms with Crippen molar-refractivity contribution in [3.8, 4) is 0 Å². The highest BCUT2D eigenvalue weighted by Crippen LogP contribution is 2.22. The van der Waals surface area contributed by atoms with Gasteiger partial charge in [0.15, 0.2) is 11.2 Å². The zero-order valence-electron chi connectivity index (χ0n) is 16.7. The highest BCUT2D eigenvalue weighted by atomic mass is 35.5. The number of anilines is 1. The quantitative estimate of drug-likeness (QED) is 0.368. The minimum atomic E-state index is -0.467. The third kappa shape index (κ3) is 3.87. The molecule has 0 atom stereocenters. The lowest BCUT2D eigenvalue weighted by molar-refractivity contribution is 0.702. The molecule has 2 aromatic heterocycles. The molecule has 8 nitrogen and oxygen atoms in total. The summed E-state index contributed by atoms with van der Waals surface area (Å²) < 4.78 is 4.02. The van der Waals surface area contributed by atoms with E-state index in [4.69, 9.17) is 23.2 Å². The van der Waals surface area contributed by atoms with Crippen molar-refractivity contribution in [1.29, 1.82) is 0 Å². The summed E-state index contributed by atoms with van der Waals surface area (Å²) in [4.78, 5) is 29.8. The summed E-state index contributed by atoms with van der Waals surface area (Å²) in [6, 6.07) is 14.6. The number of nitrogens with one attached hydrogen (secondary N) is 1. The van der Waals surface area contributed by atoms with Gasteiger partial charge in [0.1, 0.15) is 0 Å². The maximum absolute atomic E-state index is 12.9. The summed E-state index contributed by atoms with van der Waals surface area (Å²) in [6.07, 6.45) is 1.55. The Bertz CT molecular complexity index is 1430. The smallest absolute Gasteiger partial charge is 0.298 e. The van der Waals surface area contributed by atoms with Crippen LogP contribution in [-0.4, -0.2) is 24.9 Å². The highest BCUT2D eigenvalue weighted by molar-refractivity contribution is 6.33. The maximum atomic E-state index is 12.9. The van der Waals surface area contributed by atoms with Gasteiger partial charge in [0, 0.05) is 29.7 Å². The number of fused-ring (bicyclic) bond motifs is 1. The van der Waals surface area contributed by atoms with Gasteiger partial charge >= 0.3 is 5.69 Å². The van der Waals surface area contributed by atoms with E-state index < -0.39 is 11.2 Å². The largest absolute Gasteiger partial charge is 0.332 e. The van der Waals surface area contributed by atoms with Gasteiger partial charge in [-0.05, 0) is 17.7 Å². The van der Waals surface area contributed by atoms with E-state index in [0.717, 1.165) is 10.1 Å². The van der Waals surface area contributed by atoms with Crippen LogP contribution in [0.5, 0.6) is 0 Å². The molecule has 0 saturated heterocycles. The fraction of sp³-hybridized carbons (Fsp3) is 0.143. The second kappa shape index (κ2) is 8.41. The Kier molecular flexibility index (Phi) is 5.67. The fourth-order valence-corrected chi connectivity index (χ4v) is 3.60. The maximum Gasteiger partial charge on any atom is 0.332 e. The van der Waals surface area contributed by atoms with Crippen molar-refractivity contribution in [1.82, 2.24) is 18.7 Å². The van der Waals surface area contributed by atoms with Crippen LogP contribution >= 0.6 is 23.2 Å². The molecule has 4 rings (SSSR count). The van der Waals surface area contributed by atoms with Crippen molar-refractivity contribution in [2.24, 2.45) is 19.2 Å². The molecule has 0 aliphatic heterocycles. The third-order valence-electron chi connectivity index (χ3n) is 4.91. The monoisotopic (exact) mass is 456 g/mol. The predicted molar refractivity (Wildman–Crippen MR) is 123 cm³/mol. The molecule has 0 saturated carbocycles. The van der Waals surface area contributed by atoms with Gasteiger partial charge in [0.05, 0.1) is 12.8 Å². The lowest BCUT2D eigenvalue weighted by Crippen LogP contribution is -2.37.